The summed E-state index contributed by atoms with van der Waals surface area (Å²) < 4.78 is 0.840. The number of rotatable bonds is 6. The van der Waals surface area contributed by atoms with Crippen molar-refractivity contribution in [2.75, 3.05) is 6.54 Å². The smallest absolute Gasteiger partial charge is 0.252 e. The van der Waals surface area contributed by atoms with Gasteiger partial charge in [0, 0.05) is 16.0 Å². The Morgan fingerprint density at radius 3 is 2.22 bits per heavy atom. The molecule has 6 heteroatoms. The van der Waals surface area contributed by atoms with E-state index in [4.69, 9.17) is 0 Å². The van der Waals surface area contributed by atoms with Gasteiger partial charge in [-0.25, -0.2) is 0 Å². The van der Waals surface area contributed by atoms with Crippen LogP contribution in [0.2, 0.25) is 0 Å². The Bertz CT molecular complexity index is 877. The molecule has 1 heterocycles. The average molecular weight is 471 g/mol. The summed E-state index contributed by atoms with van der Waals surface area (Å²) in [5.41, 5.74) is 2.44. The molecule has 1 aromatic heterocycles. The highest BCUT2D eigenvalue weighted by molar-refractivity contribution is 14.1. The van der Waals surface area contributed by atoms with Crippen molar-refractivity contribution in [2.45, 2.75) is 6.04 Å². The summed E-state index contributed by atoms with van der Waals surface area (Å²) in [6.45, 7) is -0.0990. The highest BCUT2D eigenvalue weighted by Gasteiger charge is 2.17. The summed E-state index contributed by atoms with van der Waals surface area (Å²) in [6.07, 6.45) is 3.38. The molecule has 0 radical (unpaired) electrons. The number of nitrogens with zero attached hydrogens (tertiary/aromatic N) is 1. The third-order valence-corrected chi connectivity index (χ3v) is 4.95. The molecule has 0 fully saturated rings. The highest BCUT2D eigenvalue weighted by Crippen LogP contribution is 2.21. The van der Waals surface area contributed by atoms with Gasteiger partial charge < -0.3 is 10.6 Å². The lowest BCUT2D eigenvalue weighted by Gasteiger charge is -2.20. The van der Waals surface area contributed by atoms with Crippen LogP contribution in [0.1, 0.15) is 27.5 Å². The predicted octanol–water partition coefficient (Wildman–Crippen LogP) is 3.32. The lowest BCUT2D eigenvalue weighted by molar-refractivity contribution is -0.120. The minimum absolute atomic E-state index is 0.0990. The molecule has 2 aromatic carbocycles. The zero-order chi connectivity index (χ0) is 19.1. The second-order valence-corrected chi connectivity index (χ2v) is 7.02. The van der Waals surface area contributed by atoms with Crippen LogP contribution in [-0.2, 0) is 4.79 Å². The Labute approximate surface area is 171 Å². The van der Waals surface area contributed by atoms with Crippen LogP contribution in [0.15, 0.2) is 79.1 Å². The number of carbonyl (C=O) groups excluding carboxylic acids is 2. The van der Waals surface area contributed by atoms with E-state index in [-0.39, 0.29) is 24.4 Å². The molecule has 3 aromatic rings. The lowest BCUT2D eigenvalue weighted by atomic mass is 10.00. The number of benzene rings is 2. The molecule has 0 bridgehead atoms. The number of carbonyl (C=O) groups is 2. The first-order valence-corrected chi connectivity index (χ1v) is 9.50. The van der Waals surface area contributed by atoms with Gasteiger partial charge in [0.05, 0.1) is 18.2 Å². The van der Waals surface area contributed by atoms with Crippen LogP contribution in [0.3, 0.4) is 0 Å². The third kappa shape index (κ3) is 5.13. The summed E-state index contributed by atoms with van der Waals surface area (Å²) >= 11 is 2.10. The van der Waals surface area contributed by atoms with Crippen LogP contribution in [0.5, 0.6) is 0 Å². The van der Waals surface area contributed by atoms with Gasteiger partial charge in [-0.3, -0.25) is 14.6 Å². The second kappa shape index (κ2) is 9.27. The quantitative estimate of drug-likeness (QED) is 0.542. The van der Waals surface area contributed by atoms with Crippen LogP contribution in [-0.4, -0.2) is 23.3 Å². The van der Waals surface area contributed by atoms with Crippen LogP contribution < -0.4 is 10.6 Å². The number of aromatic nitrogens is 1. The summed E-state index contributed by atoms with van der Waals surface area (Å²) in [6, 6.07) is 20.4. The first-order chi connectivity index (χ1) is 13.1. The SMILES string of the molecule is O=C(CNC(=O)c1ccccc1I)NC(c1ccccc1)c1ccncc1. The average Bonchev–Trinajstić information content (AvgIpc) is 2.72. The maximum absolute atomic E-state index is 12.5. The van der Waals surface area contributed by atoms with Crippen molar-refractivity contribution in [3.8, 4) is 0 Å². The lowest BCUT2D eigenvalue weighted by Crippen LogP contribution is -2.39. The van der Waals surface area contributed by atoms with Gasteiger partial charge in [0.25, 0.3) is 5.91 Å². The summed E-state index contributed by atoms with van der Waals surface area (Å²) in [7, 11) is 0. The molecular weight excluding hydrogens is 453 g/mol. The number of pyridine rings is 1. The molecule has 3 rings (SSSR count). The van der Waals surface area contributed by atoms with Gasteiger partial charge in [-0.15, -0.1) is 0 Å². The zero-order valence-electron chi connectivity index (χ0n) is 14.4. The van der Waals surface area contributed by atoms with Crippen molar-refractivity contribution in [1.29, 1.82) is 0 Å². The number of hydrogen-bond donors (Lipinski definition) is 2. The van der Waals surface area contributed by atoms with Gasteiger partial charge in [-0.2, -0.15) is 0 Å². The van der Waals surface area contributed by atoms with Crippen LogP contribution in [0.4, 0.5) is 0 Å². The molecule has 27 heavy (non-hydrogen) atoms. The van der Waals surface area contributed by atoms with Gasteiger partial charge in [-0.1, -0.05) is 42.5 Å². The minimum Gasteiger partial charge on any atom is -0.344 e. The molecule has 136 valence electrons. The van der Waals surface area contributed by atoms with Gasteiger partial charge in [-0.05, 0) is 58.0 Å². The fourth-order valence-electron chi connectivity index (χ4n) is 2.67. The van der Waals surface area contributed by atoms with Crippen LogP contribution >= 0.6 is 22.6 Å². The largest absolute Gasteiger partial charge is 0.344 e. The predicted molar refractivity (Wildman–Crippen MR) is 112 cm³/mol. The van der Waals surface area contributed by atoms with E-state index < -0.39 is 0 Å². The molecule has 0 saturated carbocycles. The van der Waals surface area contributed by atoms with Gasteiger partial charge in [0.1, 0.15) is 0 Å². The molecule has 0 spiro atoms. The van der Waals surface area contributed by atoms with Crippen LogP contribution in [0.25, 0.3) is 0 Å². The number of halogens is 1. The van der Waals surface area contributed by atoms with E-state index in [0.29, 0.717) is 5.56 Å². The zero-order valence-corrected chi connectivity index (χ0v) is 16.6. The molecule has 0 aliphatic carbocycles. The Morgan fingerprint density at radius 1 is 0.889 bits per heavy atom. The Balaban J connectivity index is 1.68. The van der Waals surface area contributed by atoms with Crippen molar-refractivity contribution in [2.24, 2.45) is 0 Å². The number of amides is 2. The maximum Gasteiger partial charge on any atom is 0.252 e. The number of nitrogens with one attached hydrogen (secondary N) is 2. The topological polar surface area (TPSA) is 71.1 Å². The number of hydrogen-bond acceptors (Lipinski definition) is 3. The fraction of sp³-hybridized carbons (Fsp3) is 0.0952. The van der Waals surface area contributed by atoms with E-state index in [1.807, 2.05) is 54.6 Å². The summed E-state index contributed by atoms with van der Waals surface area (Å²) in [5.74, 6) is -0.532. The minimum atomic E-state index is -0.310. The standard InChI is InChI=1S/C21H18IN3O2/c22-18-9-5-4-8-17(18)21(27)24-14-19(26)25-20(15-6-2-1-3-7-15)16-10-12-23-13-11-16/h1-13,20H,14H2,(H,24,27)(H,25,26). The molecular formula is C21H18IN3O2. The molecule has 0 saturated heterocycles. The van der Waals surface area contributed by atoms with Crippen molar-refractivity contribution in [3.63, 3.8) is 0 Å². The monoisotopic (exact) mass is 471 g/mol. The van der Waals surface area contributed by atoms with Gasteiger partial charge in [0.2, 0.25) is 5.91 Å². The third-order valence-electron chi connectivity index (χ3n) is 4.01. The maximum atomic E-state index is 12.5. The Kier molecular flexibility index (Phi) is 6.54. The molecule has 5 nitrogen and oxygen atoms in total. The van der Waals surface area contributed by atoms with Gasteiger partial charge >= 0.3 is 0 Å². The second-order valence-electron chi connectivity index (χ2n) is 5.85. The van der Waals surface area contributed by atoms with Crippen molar-refractivity contribution in [1.82, 2.24) is 15.6 Å². The Hall–Kier alpha value is -2.74. The van der Waals surface area contributed by atoms with Gasteiger partial charge in [0.15, 0.2) is 0 Å². The molecule has 0 aliphatic heterocycles. The molecule has 2 amide bonds. The van der Waals surface area contributed by atoms with E-state index in [0.717, 1.165) is 14.7 Å². The van der Waals surface area contributed by atoms with Crippen molar-refractivity contribution < 1.29 is 9.59 Å². The van der Waals surface area contributed by atoms with E-state index >= 15 is 0 Å². The normalized spacial score (nSPS) is 11.4. The molecule has 1 unspecified atom stereocenters. The van der Waals surface area contributed by atoms with E-state index in [1.54, 1.807) is 24.5 Å². The molecule has 0 aliphatic rings. The first kappa shape index (κ1) is 19.0. The van der Waals surface area contributed by atoms with Crippen molar-refractivity contribution >= 4 is 34.4 Å². The molecule has 2 N–H and O–H groups in total. The van der Waals surface area contributed by atoms with Crippen LogP contribution in [0, 0.1) is 3.57 Å². The highest BCUT2D eigenvalue weighted by atomic mass is 127. The van der Waals surface area contributed by atoms with Crippen molar-refractivity contribution in [3.05, 3.63) is 99.4 Å². The molecule has 1 atom stereocenters. The summed E-state index contributed by atoms with van der Waals surface area (Å²) in [5, 5.41) is 5.67. The van der Waals surface area contributed by atoms with E-state index in [9.17, 15) is 9.59 Å². The Morgan fingerprint density at radius 2 is 1.52 bits per heavy atom. The fourth-order valence-corrected chi connectivity index (χ4v) is 3.31. The van der Waals surface area contributed by atoms with E-state index in [2.05, 4.69) is 38.2 Å². The van der Waals surface area contributed by atoms with E-state index in [1.165, 1.54) is 0 Å². The summed E-state index contributed by atoms with van der Waals surface area (Å²) in [4.78, 5) is 28.8. The first-order valence-electron chi connectivity index (χ1n) is 8.42.